The average molecular weight is 404 g/mol. The Morgan fingerprint density at radius 3 is 2.54 bits per heavy atom. The van der Waals surface area contributed by atoms with Gasteiger partial charge in [-0.25, -0.2) is 13.6 Å². The Hall–Kier alpha value is -3.00. The zero-order valence-corrected chi connectivity index (χ0v) is 16.3. The maximum atomic E-state index is 13.7. The molecule has 0 saturated carbocycles. The van der Waals surface area contributed by atoms with E-state index in [0.717, 1.165) is 28.6 Å². The van der Waals surface area contributed by atoms with Gasteiger partial charge in [-0.2, -0.15) is 0 Å². The van der Waals surface area contributed by atoms with E-state index < -0.39 is 29.6 Å². The number of aromatic nitrogens is 1. The lowest BCUT2D eigenvalue weighted by molar-refractivity contribution is -0.123. The highest BCUT2D eigenvalue weighted by Gasteiger charge is 2.26. The fourth-order valence-corrected chi connectivity index (χ4v) is 3.71. The van der Waals surface area contributed by atoms with Gasteiger partial charge in [0, 0.05) is 23.3 Å². The summed E-state index contributed by atoms with van der Waals surface area (Å²) in [5.41, 5.74) is 0.821. The van der Waals surface area contributed by atoms with Crippen molar-refractivity contribution < 1.29 is 23.1 Å². The summed E-state index contributed by atoms with van der Waals surface area (Å²) in [5, 5.41) is 2.92. The molecule has 0 aliphatic carbocycles. The minimum absolute atomic E-state index is 0.316. The van der Waals surface area contributed by atoms with Gasteiger partial charge in [0.1, 0.15) is 16.6 Å². The Bertz CT molecular complexity index is 1030. The monoisotopic (exact) mass is 404 g/mol. The van der Waals surface area contributed by atoms with Crippen molar-refractivity contribution in [1.29, 1.82) is 0 Å². The summed E-state index contributed by atoms with van der Waals surface area (Å²) >= 11 is 1.44. The van der Waals surface area contributed by atoms with Crippen LogP contribution in [-0.2, 0) is 9.53 Å². The molecule has 0 fully saturated rings. The molecule has 0 unspecified atom stereocenters. The fourth-order valence-electron chi connectivity index (χ4n) is 2.60. The largest absolute Gasteiger partial charge is 0.449 e. The summed E-state index contributed by atoms with van der Waals surface area (Å²) in [7, 11) is 0. The minimum atomic E-state index is -1.20. The van der Waals surface area contributed by atoms with Gasteiger partial charge in [0.05, 0.1) is 11.3 Å². The van der Waals surface area contributed by atoms with Crippen molar-refractivity contribution in [2.75, 3.05) is 5.32 Å². The number of hydrogen-bond donors (Lipinski definition) is 1. The molecule has 2 aromatic heterocycles. The first-order valence-corrected chi connectivity index (χ1v) is 9.29. The molecule has 28 heavy (non-hydrogen) atoms. The molecule has 1 amide bonds. The van der Waals surface area contributed by atoms with Crippen molar-refractivity contribution in [3.8, 4) is 5.00 Å². The molecule has 0 spiro atoms. The Kier molecular flexibility index (Phi) is 5.60. The molecule has 0 aliphatic rings. The van der Waals surface area contributed by atoms with Crippen LogP contribution in [0.5, 0.6) is 0 Å². The van der Waals surface area contributed by atoms with Crippen LogP contribution in [0.1, 0.15) is 27.7 Å². The highest BCUT2D eigenvalue weighted by Crippen LogP contribution is 2.31. The molecule has 0 saturated heterocycles. The van der Waals surface area contributed by atoms with Gasteiger partial charge >= 0.3 is 5.97 Å². The van der Waals surface area contributed by atoms with Crippen LogP contribution in [0.2, 0.25) is 0 Å². The molecule has 0 bridgehead atoms. The van der Waals surface area contributed by atoms with E-state index in [9.17, 15) is 18.4 Å². The van der Waals surface area contributed by atoms with Gasteiger partial charge in [0.15, 0.2) is 6.10 Å². The average Bonchev–Trinajstić information content (AvgIpc) is 3.27. The number of hydrogen-bond acceptors (Lipinski definition) is 4. The van der Waals surface area contributed by atoms with E-state index in [-0.39, 0.29) is 5.69 Å². The second-order valence-corrected chi connectivity index (χ2v) is 7.42. The number of esters is 1. The molecule has 0 radical (unpaired) electrons. The number of carbonyl (C=O) groups is 2. The molecule has 5 nitrogen and oxygen atoms in total. The van der Waals surface area contributed by atoms with E-state index in [1.807, 2.05) is 38.4 Å². The predicted octanol–water partition coefficient (Wildman–Crippen LogP) is 4.62. The third kappa shape index (κ3) is 3.96. The van der Waals surface area contributed by atoms with E-state index in [1.54, 1.807) is 4.57 Å². The number of thiophene rings is 1. The summed E-state index contributed by atoms with van der Waals surface area (Å²) in [6.07, 6.45) is 2.42. The van der Waals surface area contributed by atoms with Gasteiger partial charge in [-0.1, -0.05) is 0 Å². The SMILES string of the molecule is Cc1sc(-n2cccc2)c(C(=O)O[C@@H](C)C(=O)Nc2cc(F)ccc2F)c1C. The van der Waals surface area contributed by atoms with E-state index in [0.29, 0.717) is 10.6 Å². The van der Waals surface area contributed by atoms with Gasteiger partial charge in [-0.3, -0.25) is 4.79 Å². The van der Waals surface area contributed by atoms with E-state index in [2.05, 4.69) is 5.32 Å². The van der Waals surface area contributed by atoms with Crippen LogP contribution in [-0.4, -0.2) is 22.5 Å². The lowest BCUT2D eigenvalue weighted by Gasteiger charge is -2.15. The zero-order chi connectivity index (χ0) is 20.4. The van der Waals surface area contributed by atoms with Crippen LogP contribution < -0.4 is 5.32 Å². The molecule has 8 heteroatoms. The van der Waals surface area contributed by atoms with Crippen LogP contribution in [0.4, 0.5) is 14.5 Å². The highest BCUT2D eigenvalue weighted by atomic mass is 32.1. The third-order valence-corrected chi connectivity index (χ3v) is 5.47. The van der Waals surface area contributed by atoms with Crippen molar-refractivity contribution in [2.45, 2.75) is 26.9 Å². The number of nitrogens with one attached hydrogen (secondary N) is 1. The van der Waals surface area contributed by atoms with E-state index >= 15 is 0 Å². The van der Waals surface area contributed by atoms with Gasteiger partial charge in [-0.15, -0.1) is 11.3 Å². The second kappa shape index (κ2) is 7.93. The quantitative estimate of drug-likeness (QED) is 0.632. The lowest BCUT2D eigenvalue weighted by atomic mass is 10.1. The Morgan fingerprint density at radius 2 is 1.86 bits per heavy atom. The number of amides is 1. The number of halogens is 2. The molecule has 146 valence electrons. The fraction of sp³-hybridized carbons (Fsp3) is 0.200. The molecular formula is C20H18F2N2O3S. The summed E-state index contributed by atoms with van der Waals surface area (Å²) in [4.78, 5) is 26.0. The van der Waals surface area contributed by atoms with E-state index in [4.69, 9.17) is 4.74 Å². The first-order chi connectivity index (χ1) is 13.3. The topological polar surface area (TPSA) is 60.3 Å². The van der Waals surface area contributed by atoms with Crippen molar-refractivity contribution in [2.24, 2.45) is 0 Å². The molecular weight excluding hydrogens is 386 g/mol. The first-order valence-electron chi connectivity index (χ1n) is 8.48. The minimum Gasteiger partial charge on any atom is -0.449 e. The predicted molar refractivity (Wildman–Crippen MR) is 103 cm³/mol. The van der Waals surface area contributed by atoms with Gasteiger partial charge in [-0.05, 0) is 50.6 Å². The molecule has 1 N–H and O–H groups in total. The lowest BCUT2D eigenvalue weighted by Crippen LogP contribution is -2.30. The van der Waals surface area contributed by atoms with Crippen LogP contribution in [0.3, 0.4) is 0 Å². The standard InChI is InChI=1S/C20H18F2N2O3S/c1-11-13(3)28-19(24-8-4-5-9-24)17(11)20(26)27-12(2)18(25)23-16-10-14(21)6-7-15(16)22/h4-10,12H,1-3H3,(H,23,25)/t12-/m0/s1. The third-order valence-electron chi connectivity index (χ3n) is 4.25. The molecule has 1 aromatic carbocycles. The maximum Gasteiger partial charge on any atom is 0.342 e. The summed E-state index contributed by atoms with van der Waals surface area (Å²) in [6.45, 7) is 5.07. The summed E-state index contributed by atoms with van der Waals surface area (Å²) < 4.78 is 34.0. The number of carbonyl (C=O) groups excluding carboxylic acids is 2. The van der Waals surface area contributed by atoms with Gasteiger partial charge in [0.2, 0.25) is 0 Å². The number of rotatable bonds is 5. The number of aryl methyl sites for hydroxylation is 1. The van der Waals surface area contributed by atoms with Crippen LogP contribution in [0.25, 0.3) is 5.00 Å². The van der Waals surface area contributed by atoms with Gasteiger partial charge < -0.3 is 14.6 Å². The number of benzene rings is 1. The number of anilines is 1. The van der Waals surface area contributed by atoms with Crippen molar-refractivity contribution in [3.63, 3.8) is 0 Å². The zero-order valence-electron chi connectivity index (χ0n) is 15.5. The normalized spacial score (nSPS) is 11.9. The molecule has 1 atom stereocenters. The van der Waals surface area contributed by atoms with Crippen molar-refractivity contribution >= 4 is 28.9 Å². The molecule has 3 aromatic rings. The Balaban J connectivity index is 1.78. The molecule has 2 heterocycles. The van der Waals surface area contributed by atoms with Crippen LogP contribution >= 0.6 is 11.3 Å². The van der Waals surface area contributed by atoms with Crippen LogP contribution in [0.15, 0.2) is 42.7 Å². The van der Waals surface area contributed by atoms with Crippen molar-refractivity contribution in [3.05, 3.63) is 70.4 Å². The summed E-state index contributed by atoms with van der Waals surface area (Å²) in [6, 6.07) is 6.38. The van der Waals surface area contributed by atoms with Crippen molar-refractivity contribution in [1.82, 2.24) is 4.57 Å². The van der Waals surface area contributed by atoms with E-state index in [1.165, 1.54) is 18.3 Å². The summed E-state index contributed by atoms with van der Waals surface area (Å²) in [5.74, 6) is -2.90. The Labute approximate surface area is 164 Å². The molecule has 0 aliphatic heterocycles. The Morgan fingerprint density at radius 1 is 1.18 bits per heavy atom. The second-order valence-electron chi connectivity index (χ2n) is 6.21. The molecule has 3 rings (SSSR count). The first kappa shape index (κ1) is 19.8. The highest BCUT2D eigenvalue weighted by molar-refractivity contribution is 7.15. The van der Waals surface area contributed by atoms with Crippen LogP contribution in [0, 0.1) is 25.5 Å². The smallest absolute Gasteiger partial charge is 0.342 e. The maximum absolute atomic E-state index is 13.7. The van der Waals surface area contributed by atoms with Gasteiger partial charge in [0.25, 0.3) is 5.91 Å². The number of ether oxygens (including phenoxy) is 1. The number of nitrogens with zero attached hydrogens (tertiary/aromatic N) is 1.